The number of carbonyl (C=O) groups is 1. The molecule has 1 aromatic carbocycles. The molecule has 0 amide bonds. The first-order valence-electron chi connectivity index (χ1n) is 11.0. The fourth-order valence-corrected chi connectivity index (χ4v) is 5.40. The lowest BCUT2D eigenvalue weighted by Crippen LogP contribution is -2.56. The largest absolute Gasteiger partial charge is 0.469 e. The molecule has 0 aliphatic heterocycles. The lowest BCUT2D eigenvalue weighted by atomic mass is 9.64. The summed E-state index contributed by atoms with van der Waals surface area (Å²) in [6.45, 7) is 18.4. The van der Waals surface area contributed by atoms with E-state index < -0.39 is 19.7 Å². The van der Waals surface area contributed by atoms with Crippen LogP contribution in [0.3, 0.4) is 0 Å². The van der Waals surface area contributed by atoms with Crippen LogP contribution in [0, 0.1) is 11.3 Å². The first-order chi connectivity index (χ1) is 14.4. The quantitative estimate of drug-likeness (QED) is 0.159. The zero-order valence-electron chi connectivity index (χ0n) is 20.3. The maximum atomic E-state index is 12.8. The fraction of sp³-hybridized carbons (Fsp3) is 0.640. The second-order valence-electron chi connectivity index (χ2n) is 10.3. The van der Waals surface area contributed by atoms with E-state index in [0.717, 1.165) is 24.0 Å². The van der Waals surface area contributed by atoms with Gasteiger partial charge in [0.1, 0.15) is 6.79 Å². The average Bonchev–Trinajstić information content (AvgIpc) is 2.69. The van der Waals surface area contributed by atoms with E-state index in [2.05, 4.69) is 47.4 Å². The lowest BCUT2D eigenvalue weighted by Gasteiger charge is -2.50. The van der Waals surface area contributed by atoms with Gasteiger partial charge in [-0.05, 0) is 36.5 Å². The molecule has 0 heterocycles. The van der Waals surface area contributed by atoms with Crippen LogP contribution in [-0.4, -0.2) is 40.9 Å². The topological polar surface area (TPSA) is 54.0 Å². The zero-order chi connectivity index (χ0) is 23.3. The molecule has 0 saturated heterocycles. The molecule has 1 fully saturated rings. The molecular weight excluding hydrogens is 408 g/mol. The van der Waals surface area contributed by atoms with Crippen molar-refractivity contribution in [3.8, 4) is 0 Å². The summed E-state index contributed by atoms with van der Waals surface area (Å²) in [6, 6.07) is 9.98. The Kier molecular flexibility index (Phi) is 8.67. The van der Waals surface area contributed by atoms with E-state index >= 15 is 0 Å². The van der Waals surface area contributed by atoms with E-state index in [1.54, 1.807) is 0 Å². The van der Waals surface area contributed by atoms with Crippen LogP contribution in [0.4, 0.5) is 0 Å². The monoisotopic (exact) mass is 448 g/mol. The van der Waals surface area contributed by atoms with Crippen LogP contribution in [0.15, 0.2) is 42.5 Å². The number of methoxy groups -OCH3 is 1. The number of carbonyl (C=O) groups excluding carboxylic acids is 1. The van der Waals surface area contributed by atoms with Crippen LogP contribution >= 0.6 is 0 Å². The minimum Gasteiger partial charge on any atom is -0.469 e. The maximum absolute atomic E-state index is 12.8. The molecule has 0 radical (unpaired) electrons. The Hall–Kier alpha value is -1.47. The highest BCUT2D eigenvalue weighted by Crippen LogP contribution is 2.49. The molecule has 2 rings (SSSR count). The number of ether oxygens (including phenoxy) is 3. The molecule has 0 bridgehead atoms. The van der Waals surface area contributed by atoms with Crippen molar-refractivity contribution in [2.45, 2.75) is 71.4 Å². The standard InChI is InChI=1S/C25H40O5Si/c1-19-14-15-21(30-31(7,8)24(2,3)4)25(5,22(19)23(26)27-6)17-29-18-28-16-20-12-10-9-11-13-20/h9-13,21-22H,1,14-18H2,2-8H3/t21-,22-,25+/m0/s1. The first kappa shape index (κ1) is 25.8. The normalized spacial score (nSPS) is 24.8. The molecule has 1 aliphatic rings. The lowest BCUT2D eigenvalue weighted by molar-refractivity contribution is -0.163. The minimum atomic E-state index is -2.04. The van der Waals surface area contributed by atoms with Crippen LogP contribution < -0.4 is 0 Å². The van der Waals surface area contributed by atoms with Gasteiger partial charge in [0.25, 0.3) is 0 Å². The highest BCUT2D eigenvalue weighted by atomic mass is 28.4. The van der Waals surface area contributed by atoms with Gasteiger partial charge in [-0.2, -0.15) is 0 Å². The van der Waals surface area contributed by atoms with Crippen molar-refractivity contribution in [2.24, 2.45) is 11.3 Å². The Balaban J connectivity index is 2.14. The van der Waals surface area contributed by atoms with Crippen molar-refractivity contribution in [1.29, 1.82) is 0 Å². The van der Waals surface area contributed by atoms with E-state index in [1.807, 2.05) is 30.3 Å². The van der Waals surface area contributed by atoms with Crippen molar-refractivity contribution in [1.82, 2.24) is 0 Å². The van der Waals surface area contributed by atoms with Gasteiger partial charge in [-0.1, -0.05) is 70.2 Å². The number of hydrogen-bond acceptors (Lipinski definition) is 5. The van der Waals surface area contributed by atoms with Gasteiger partial charge >= 0.3 is 5.97 Å². The summed E-state index contributed by atoms with van der Waals surface area (Å²) < 4.78 is 23.7. The first-order valence-corrected chi connectivity index (χ1v) is 14.0. The summed E-state index contributed by atoms with van der Waals surface area (Å²) in [7, 11) is -0.616. The van der Waals surface area contributed by atoms with Gasteiger partial charge in [-0.3, -0.25) is 4.79 Å². The summed E-state index contributed by atoms with van der Waals surface area (Å²) in [4.78, 5) is 12.8. The minimum absolute atomic E-state index is 0.0722. The number of hydrogen-bond donors (Lipinski definition) is 0. The second-order valence-corrected chi connectivity index (χ2v) is 15.1. The van der Waals surface area contributed by atoms with Crippen LogP contribution in [0.2, 0.25) is 18.1 Å². The van der Waals surface area contributed by atoms with Crippen molar-refractivity contribution in [3.63, 3.8) is 0 Å². The smallest absolute Gasteiger partial charge is 0.313 e. The fourth-order valence-electron chi connectivity index (χ4n) is 3.95. The molecule has 1 aromatic rings. The third-order valence-corrected chi connectivity index (χ3v) is 11.4. The molecule has 6 heteroatoms. The van der Waals surface area contributed by atoms with Gasteiger partial charge in [-0.15, -0.1) is 0 Å². The molecule has 31 heavy (non-hydrogen) atoms. The number of esters is 1. The predicted molar refractivity (Wildman–Crippen MR) is 126 cm³/mol. The van der Waals surface area contributed by atoms with Crippen molar-refractivity contribution in [3.05, 3.63) is 48.0 Å². The summed E-state index contributed by atoms with van der Waals surface area (Å²) in [5.41, 5.74) is 1.40. The second kappa shape index (κ2) is 10.4. The third kappa shape index (κ3) is 6.28. The molecule has 0 N–H and O–H groups in total. The molecule has 0 unspecified atom stereocenters. The SMILES string of the molecule is C=C1CC[C@H](O[Si](C)(C)C(C)(C)C)[C@@](C)(COCOCc2ccccc2)[C@@H]1C(=O)OC. The molecule has 0 aromatic heterocycles. The Labute approximate surface area is 189 Å². The van der Waals surface area contributed by atoms with E-state index in [1.165, 1.54) is 7.11 Å². The van der Waals surface area contributed by atoms with E-state index in [4.69, 9.17) is 18.6 Å². The highest BCUT2D eigenvalue weighted by Gasteiger charge is 2.53. The van der Waals surface area contributed by atoms with E-state index in [-0.39, 0.29) is 23.9 Å². The predicted octanol–water partition coefficient (Wildman–Crippen LogP) is 5.71. The van der Waals surface area contributed by atoms with E-state index in [0.29, 0.717) is 13.2 Å². The van der Waals surface area contributed by atoms with Crippen LogP contribution in [-0.2, 0) is 30.0 Å². The molecule has 0 spiro atoms. The maximum Gasteiger partial charge on any atom is 0.313 e. The highest BCUT2D eigenvalue weighted by molar-refractivity contribution is 6.74. The summed E-state index contributed by atoms with van der Waals surface area (Å²) in [6.07, 6.45) is 1.46. The van der Waals surface area contributed by atoms with Gasteiger partial charge < -0.3 is 18.6 Å². The van der Waals surface area contributed by atoms with E-state index in [9.17, 15) is 4.79 Å². The van der Waals surface area contributed by atoms with Crippen LogP contribution in [0.1, 0.15) is 46.1 Å². The number of benzene rings is 1. The zero-order valence-corrected chi connectivity index (χ0v) is 21.3. The average molecular weight is 449 g/mol. The van der Waals surface area contributed by atoms with Crippen molar-refractivity contribution < 1.29 is 23.4 Å². The molecule has 3 atom stereocenters. The Morgan fingerprint density at radius 1 is 1.19 bits per heavy atom. The Morgan fingerprint density at radius 2 is 1.84 bits per heavy atom. The summed E-state index contributed by atoms with van der Waals surface area (Å²) in [5, 5.41) is 0.0722. The molecule has 174 valence electrons. The third-order valence-electron chi connectivity index (χ3n) is 6.90. The van der Waals surface area contributed by atoms with Crippen LogP contribution in [0.25, 0.3) is 0 Å². The molecule has 1 aliphatic carbocycles. The van der Waals surface area contributed by atoms with Gasteiger partial charge in [0, 0.05) is 5.41 Å². The van der Waals surface area contributed by atoms with Crippen LogP contribution in [0.5, 0.6) is 0 Å². The number of rotatable bonds is 9. The molecule has 5 nitrogen and oxygen atoms in total. The summed E-state index contributed by atoms with van der Waals surface area (Å²) in [5.74, 6) is -0.736. The Morgan fingerprint density at radius 3 is 2.42 bits per heavy atom. The summed E-state index contributed by atoms with van der Waals surface area (Å²) >= 11 is 0. The van der Waals surface area contributed by atoms with Gasteiger partial charge in [-0.25, -0.2) is 0 Å². The van der Waals surface area contributed by atoms with Gasteiger partial charge in [0.15, 0.2) is 8.32 Å². The van der Waals surface area contributed by atoms with Crippen molar-refractivity contribution in [2.75, 3.05) is 20.5 Å². The van der Waals surface area contributed by atoms with Gasteiger partial charge in [0.05, 0.1) is 32.3 Å². The van der Waals surface area contributed by atoms with Crippen molar-refractivity contribution >= 4 is 14.3 Å². The van der Waals surface area contributed by atoms with Gasteiger partial charge in [0.2, 0.25) is 0 Å². The Bertz CT molecular complexity index is 732. The molecule has 1 saturated carbocycles. The molecular formula is C25H40O5Si.